The minimum Gasteiger partial charge on any atom is -0.450 e. The van der Waals surface area contributed by atoms with Gasteiger partial charge in [0.25, 0.3) is 11.8 Å². The lowest BCUT2D eigenvalue weighted by atomic mass is 10.0. The summed E-state index contributed by atoms with van der Waals surface area (Å²) in [6.45, 7) is 2.06. The Morgan fingerprint density at radius 2 is 2.08 bits per heavy atom. The van der Waals surface area contributed by atoms with E-state index in [-0.39, 0.29) is 11.5 Å². The van der Waals surface area contributed by atoms with E-state index in [1.165, 1.54) is 0 Å². The van der Waals surface area contributed by atoms with Gasteiger partial charge in [0, 0.05) is 17.5 Å². The zero-order chi connectivity index (χ0) is 18.6. The Balaban J connectivity index is 0.000000326. The van der Waals surface area contributed by atoms with Gasteiger partial charge < -0.3 is 16.2 Å². The van der Waals surface area contributed by atoms with E-state index in [2.05, 4.69) is 15.5 Å². The maximum atomic E-state index is 11.7. The largest absolute Gasteiger partial charge is 0.450 e. The summed E-state index contributed by atoms with van der Waals surface area (Å²) in [5.41, 5.74) is 12.0. The van der Waals surface area contributed by atoms with Crippen LogP contribution in [-0.4, -0.2) is 39.8 Å². The first kappa shape index (κ1) is 18.1. The Hall–Kier alpha value is -3.20. The Labute approximate surface area is 143 Å². The number of hydroxylamine groups is 2. The third-order valence-electron chi connectivity index (χ3n) is 3.50. The zero-order valence-electron chi connectivity index (χ0n) is 13.5. The number of nitrogen functional groups attached to an aromatic ring is 1. The van der Waals surface area contributed by atoms with Crippen molar-refractivity contribution in [3.05, 3.63) is 36.0 Å². The Morgan fingerprint density at radius 1 is 1.36 bits per heavy atom. The number of rotatable bonds is 2. The van der Waals surface area contributed by atoms with Gasteiger partial charge in [0.2, 0.25) is 0 Å². The van der Waals surface area contributed by atoms with Crippen LogP contribution in [0, 0.1) is 0 Å². The monoisotopic (exact) mass is 346 g/mol. The predicted molar refractivity (Wildman–Crippen MR) is 88.4 cm³/mol. The number of amides is 3. The molecule has 2 aromatic rings. The Bertz CT molecular complexity index is 823. The first-order valence-electron chi connectivity index (χ1n) is 7.47. The molecule has 5 N–H and O–H groups in total. The highest BCUT2D eigenvalue weighted by Crippen LogP contribution is 2.28. The molecule has 0 saturated carbocycles. The molecule has 1 fully saturated rings. The van der Waals surface area contributed by atoms with Crippen LogP contribution in [0.25, 0.3) is 10.9 Å². The number of hydrogen-bond donors (Lipinski definition) is 3. The van der Waals surface area contributed by atoms with E-state index in [4.69, 9.17) is 5.73 Å². The van der Waals surface area contributed by atoms with E-state index in [1.807, 2.05) is 0 Å². The maximum Gasteiger partial charge on any atom is 0.404 e. The second-order valence-corrected chi connectivity index (χ2v) is 5.24. The molecule has 0 bridgehead atoms. The third-order valence-corrected chi connectivity index (χ3v) is 3.50. The van der Waals surface area contributed by atoms with Gasteiger partial charge in [-0.3, -0.25) is 19.8 Å². The number of carbonyl (C=O) groups is 3. The number of carbonyl (C=O) groups excluding carboxylic acids is 3. The number of hydrogen-bond acceptors (Lipinski definition) is 7. The van der Waals surface area contributed by atoms with Gasteiger partial charge in [-0.2, -0.15) is 5.06 Å². The molecular weight excluding hydrogens is 328 g/mol. The molecule has 0 aliphatic carbocycles. The van der Waals surface area contributed by atoms with Crippen LogP contribution in [-0.2, 0) is 14.3 Å². The van der Waals surface area contributed by atoms with Crippen LogP contribution < -0.4 is 11.5 Å². The molecule has 3 amide bonds. The lowest BCUT2D eigenvalue weighted by Gasteiger charge is -2.08. The van der Waals surface area contributed by atoms with Crippen LogP contribution in [0.1, 0.15) is 25.0 Å². The van der Waals surface area contributed by atoms with Gasteiger partial charge in [-0.25, -0.2) is 4.79 Å². The number of anilines is 1. The summed E-state index contributed by atoms with van der Waals surface area (Å²) < 4.78 is 4.18. The van der Waals surface area contributed by atoms with Crippen molar-refractivity contribution in [3.8, 4) is 0 Å². The highest BCUT2D eigenvalue weighted by Gasteiger charge is 2.39. The fourth-order valence-electron chi connectivity index (χ4n) is 2.35. The summed E-state index contributed by atoms with van der Waals surface area (Å²) in [6, 6.07) is 8.74. The van der Waals surface area contributed by atoms with E-state index in [0.29, 0.717) is 23.5 Å². The van der Waals surface area contributed by atoms with Crippen molar-refractivity contribution in [2.24, 2.45) is 5.73 Å². The number of benzene rings is 1. The standard InChI is InChI=1S/C13H11N3O3.C3H7NO2/c14-8-2-4-10-7(5-8)1-3-11(15-10)9-6-12(17)16(19)13(9)18;1-2-6-3(4)5/h1-5,9,19H,6,14H2;2H2,1H3,(H2,4,5). The number of primary amides is 1. The molecule has 0 spiro atoms. The number of pyridine rings is 1. The van der Waals surface area contributed by atoms with Gasteiger partial charge in [0.05, 0.1) is 23.7 Å². The summed E-state index contributed by atoms with van der Waals surface area (Å²) >= 11 is 0. The molecule has 1 atom stereocenters. The van der Waals surface area contributed by atoms with Gasteiger partial charge in [-0.1, -0.05) is 6.07 Å². The van der Waals surface area contributed by atoms with Gasteiger partial charge in [0.15, 0.2) is 0 Å². The van der Waals surface area contributed by atoms with E-state index in [1.54, 1.807) is 37.3 Å². The third kappa shape index (κ3) is 4.21. The molecule has 3 rings (SSSR count). The fraction of sp³-hybridized carbons (Fsp3) is 0.250. The molecule has 9 nitrogen and oxygen atoms in total. The molecule has 0 radical (unpaired) electrons. The summed E-state index contributed by atoms with van der Waals surface area (Å²) in [7, 11) is 0. The molecule has 1 aliphatic heterocycles. The van der Waals surface area contributed by atoms with Crippen molar-refractivity contribution in [1.29, 1.82) is 0 Å². The number of ether oxygens (including phenoxy) is 1. The van der Waals surface area contributed by atoms with Crippen molar-refractivity contribution in [3.63, 3.8) is 0 Å². The van der Waals surface area contributed by atoms with Crippen LogP contribution in [0.15, 0.2) is 30.3 Å². The van der Waals surface area contributed by atoms with Gasteiger partial charge >= 0.3 is 6.09 Å². The summed E-state index contributed by atoms with van der Waals surface area (Å²) in [5, 5.41) is 10.3. The molecule has 132 valence electrons. The molecular formula is C16H18N4O5. The fourth-order valence-corrected chi connectivity index (χ4v) is 2.35. The molecule has 2 heterocycles. The average molecular weight is 346 g/mol. The van der Waals surface area contributed by atoms with E-state index < -0.39 is 23.8 Å². The number of aromatic nitrogens is 1. The van der Waals surface area contributed by atoms with Crippen molar-refractivity contribution in [1.82, 2.24) is 10.0 Å². The highest BCUT2D eigenvalue weighted by atomic mass is 16.5. The van der Waals surface area contributed by atoms with Crippen molar-refractivity contribution in [2.75, 3.05) is 12.3 Å². The minimum atomic E-state index is -0.711. The van der Waals surface area contributed by atoms with Crippen molar-refractivity contribution in [2.45, 2.75) is 19.3 Å². The SMILES string of the molecule is CCOC(N)=O.Nc1ccc2nc(C3CC(=O)N(O)C3=O)ccc2c1. The van der Waals surface area contributed by atoms with Gasteiger partial charge in [0.1, 0.15) is 0 Å². The number of nitrogens with two attached hydrogens (primary N) is 2. The smallest absolute Gasteiger partial charge is 0.404 e. The van der Waals surface area contributed by atoms with E-state index in [0.717, 1.165) is 5.39 Å². The summed E-state index contributed by atoms with van der Waals surface area (Å²) in [6.07, 6.45) is -0.763. The van der Waals surface area contributed by atoms with Crippen LogP contribution in [0.5, 0.6) is 0 Å². The quantitative estimate of drug-likeness (QED) is 0.419. The minimum absolute atomic E-state index is 0.0528. The molecule has 25 heavy (non-hydrogen) atoms. The van der Waals surface area contributed by atoms with Crippen LogP contribution in [0.3, 0.4) is 0 Å². The molecule has 9 heteroatoms. The van der Waals surface area contributed by atoms with Gasteiger partial charge in [-0.15, -0.1) is 0 Å². The van der Waals surface area contributed by atoms with E-state index in [9.17, 15) is 19.6 Å². The lowest BCUT2D eigenvalue weighted by molar-refractivity contribution is -0.171. The summed E-state index contributed by atoms with van der Waals surface area (Å²) in [5.74, 6) is -1.94. The number of nitrogens with zero attached hydrogens (tertiary/aromatic N) is 2. The van der Waals surface area contributed by atoms with Gasteiger partial charge in [-0.05, 0) is 31.2 Å². The van der Waals surface area contributed by atoms with Crippen LogP contribution in [0.2, 0.25) is 0 Å². The van der Waals surface area contributed by atoms with Crippen molar-refractivity contribution < 1.29 is 24.3 Å². The first-order chi connectivity index (χ1) is 11.8. The first-order valence-corrected chi connectivity index (χ1v) is 7.47. The van der Waals surface area contributed by atoms with Crippen LogP contribution in [0.4, 0.5) is 10.5 Å². The average Bonchev–Trinajstić information content (AvgIpc) is 2.82. The Morgan fingerprint density at radius 3 is 2.60 bits per heavy atom. The molecule has 1 saturated heterocycles. The normalized spacial score (nSPS) is 16.6. The lowest BCUT2D eigenvalue weighted by Crippen LogP contribution is -2.26. The second kappa shape index (κ2) is 7.58. The summed E-state index contributed by atoms with van der Waals surface area (Å²) in [4.78, 5) is 36.9. The molecule has 1 aromatic carbocycles. The van der Waals surface area contributed by atoms with Crippen molar-refractivity contribution >= 4 is 34.5 Å². The maximum absolute atomic E-state index is 11.7. The molecule has 1 aromatic heterocycles. The van der Waals surface area contributed by atoms with Crippen LogP contribution >= 0.6 is 0 Å². The molecule has 1 aliphatic rings. The highest BCUT2D eigenvalue weighted by molar-refractivity contribution is 6.04. The van der Waals surface area contributed by atoms with E-state index >= 15 is 0 Å². The number of imide groups is 1. The topological polar surface area (TPSA) is 149 Å². The number of fused-ring (bicyclic) bond motifs is 1. The second-order valence-electron chi connectivity index (χ2n) is 5.24. The molecule has 1 unspecified atom stereocenters. The zero-order valence-corrected chi connectivity index (χ0v) is 13.5. The predicted octanol–water partition coefficient (Wildman–Crippen LogP) is 1.15. The Kier molecular flexibility index (Phi) is 5.50.